The lowest BCUT2D eigenvalue weighted by atomic mass is 10.0. The number of aromatic hydroxyl groups is 1. The van der Waals surface area contributed by atoms with Crippen molar-refractivity contribution in [1.82, 2.24) is 0 Å². The molecular weight excluding hydrogens is 228 g/mol. The molecule has 2 aromatic rings. The van der Waals surface area contributed by atoms with Crippen molar-refractivity contribution in [2.24, 2.45) is 0 Å². The largest absolute Gasteiger partial charge is 0.508 e. The predicted octanol–water partition coefficient (Wildman–Crippen LogP) is 3.28. The summed E-state index contributed by atoms with van der Waals surface area (Å²) in [7, 11) is 0. The standard InChI is InChI=1S/C11H10O4S/c1-7-8-4-2-3-5-9(8)11(6-10(7)12)16-15-14-13/h2-6,12-13H,1H3. The van der Waals surface area contributed by atoms with Crippen LogP contribution in [0.15, 0.2) is 35.2 Å². The topological polar surface area (TPSA) is 58.9 Å². The third kappa shape index (κ3) is 1.98. The zero-order chi connectivity index (χ0) is 11.5. The second kappa shape index (κ2) is 4.71. The van der Waals surface area contributed by atoms with E-state index in [1.807, 2.05) is 31.2 Å². The minimum absolute atomic E-state index is 0.183. The summed E-state index contributed by atoms with van der Waals surface area (Å²) in [5, 5.41) is 23.3. The molecule has 0 aliphatic heterocycles. The molecule has 0 unspecified atom stereocenters. The quantitative estimate of drug-likeness (QED) is 0.488. The Morgan fingerprint density at radius 2 is 1.88 bits per heavy atom. The number of hydrogen-bond donors (Lipinski definition) is 2. The summed E-state index contributed by atoms with van der Waals surface area (Å²) in [6.45, 7) is 1.84. The summed E-state index contributed by atoms with van der Waals surface area (Å²) >= 11 is 0.841. The molecule has 0 heterocycles. The monoisotopic (exact) mass is 238 g/mol. The number of phenolic OH excluding ortho intramolecular Hbond substituents is 1. The first kappa shape index (κ1) is 11.2. The molecule has 2 aromatic carbocycles. The van der Waals surface area contributed by atoms with Gasteiger partial charge >= 0.3 is 0 Å². The Bertz CT molecular complexity index is 513. The molecule has 0 aromatic heterocycles. The average Bonchev–Trinajstić information content (AvgIpc) is 2.32. The Hall–Kier alpha value is -1.27. The van der Waals surface area contributed by atoms with Gasteiger partial charge in [0.15, 0.2) is 0 Å². The number of benzene rings is 2. The van der Waals surface area contributed by atoms with Crippen LogP contribution in [0.1, 0.15) is 5.56 Å². The van der Waals surface area contributed by atoms with Gasteiger partial charge in [0.25, 0.3) is 0 Å². The fourth-order valence-electron chi connectivity index (χ4n) is 1.59. The smallest absolute Gasteiger partial charge is 0.120 e. The van der Waals surface area contributed by atoms with E-state index >= 15 is 0 Å². The third-order valence-corrected chi connectivity index (χ3v) is 3.05. The van der Waals surface area contributed by atoms with Crippen molar-refractivity contribution in [1.29, 1.82) is 0 Å². The van der Waals surface area contributed by atoms with E-state index in [1.165, 1.54) is 0 Å². The van der Waals surface area contributed by atoms with Crippen LogP contribution >= 0.6 is 12.0 Å². The maximum atomic E-state index is 9.73. The average molecular weight is 238 g/mol. The zero-order valence-electron chi connectivity index (χ0n) is 8.51. The molecule has 0 fully saturated rings. The normalized spacial score (nSPS) is 10.9. The summed E-state index contributed by atoms with van der Waals surface area (Å²) < 4.78 is 4.38. The van der Waals surface area contributed by atoms with Gasteiger partial charge in [0.2, 0.25) is 0 Å². The van der Waals surface area contributed by atoms with Crippen LogP contribution in [0.4, 0.5) is 0 Å². The molecule has 0 saturated heterocycles. The molecule has 0 spiro atoms. The van der Waals surface area contributed by atoms with Gasteiger partial charge in [0, 0.05) is 0 Å². The number of hydrogen-bond acceptors (Lipinski definition) is 5. The molecule has 0 amide bonds. The number of aryl methyl sites for hydroxylation is 1. The Morgan fingerprint density at radius 1 is 1.19 bits per heavy atom. The van der Waals surface area contributed by atoms with Crippen LogP contribution in [-0.4, -0.2) is 10.4 Å². The summed E-state index contributed by atoms with van der Waals surface area (Å²) in [6, 6.07) is 9.18. The van der Waals surface area contributed by atoms with E-state index in [0.29, 0.717) is 4.90 Å². The lowest BCUT2D eigenvalue weighted by Gasteiger charge is -2.08. The van der Waals surface area contributed by atoms with E-state index in [4.69, 9.17) is 5.26 Å². The fourth-order valence-corrected chi connectivity index (χ4v) is 2.13. The molecule has 2 N–H and O–H groups in total. The van der Waals surface area contributed by atoms with Gasteiger partial charge in [-0.25, -0.2) is 5.26 Å². The second-order valence-electron chi connectivity index (χ2n) is 3.29. The highest BCUT2D eigenvalue weighted by molar-refractivity contribution is 7.94. The molecule has 16 heavy (non-hydrogen) atoms. The molecule has 0 aliphatic rings. The molecule has 2 rings (SSSR count). The van der Waals surface area contributed by atoms with E-state index in [2.05, 4.69) is 9.37 Å². The van der Waals surface area contributed by atoms with Crippen LogP contribution in [-0.2, 0) is 9.37 Å². The highest BCUT2D eigenvalue weighted by Crippen LogP contribution is 2.35. The van der Waals surface area contributed by atoms with Crippen LogP contribution < -0.4 is 0 Å². The summed E-state index contributed by atoms with van der Waals surface area (Å²) in [5.74, 6) is 0.183. The SMILES string of the molecule is Cc1c(O)cc(SOOO)c2ccccc12. The van der Waals surface area contributed by atoms with Gasteiger partial charge in [0.1, 0.15) is 5.75 Å². The third-order valence-electron chi connectivity index (χ3n) is 2.40. The van der Waals surface area contributed by atoms with Crippen LogP contribution in [0, 0.1) is 6.92 Å². The molecule has 4 nitrogen and oxygen atoms in total. The molecule has 0 radical (unpaired) electrons. The van der Waals surface area contributed by atoms with E-state index < -0.39 is 0 Å². The fraction of sp³-hybridized carbons (Fsp3) is 0.0909. The first-order valence-electron chi connectivity index (χ1n) is 4.60. The van der Waals surface area contributed by atoms with Crippen molar-refractivity contribution < 1.29 is 19.7 Å². The van der Waals surface area contributed by atoms with Gasteiger partial charge in [-0.3, -0.25) is 0 Å². The minimum Gasteiger partial charge on any atom is -0.508 e. The number of phenols is 1. The van der Waals surface area contributed by atoms with Crippen LogP contribution in [0.25, 0.3) is 10.8 Å². The Morgan fingerprint density at radius 3 is 2.56 bits per heavy atom. The first-order chi connectivity index (χ1) is 7.74. The Labute approximate surface area is 96.5 Å². The second-order valence-corrected chi connectivity index (χ2v) is 4.03. The highest BCUT2D eigenvalue weighted by Gasteiger charge is 2.09. The molecule has 84 valence electrons. The molecule has 5 heteroatoms. The Balaban J connectivity index is 2.60. The van der Waals surface area contributed by atoms with Crippen molar-refractivity contribution in [3.63, 3.8) is 0 Å². The number of fused-ring (bicyclic) bond motifs is 1. The molecule has 0 bridgehead atoms. The van der Waals surface area contributed by atoms with Crippen molar-refractivity contribution in [3.05, 3.63) is 35.9 Å². The minimum atomic E-state index is 0.183. The van der Waals surface area contributed by atoms with E-state index in [0.717, 1.165) is 28.4 Å². The van der Waals surface area contributed by atoms with Gasteiger partial charge < -0.3 is 5.11 Å². The summed E-state index contributed by atoms with van der Waals surface area (Å²) in [4.78, 5) is 0.674. The van der Waals surface area contributed by atoms with Gasteiger partial charge in [0.05, 0.1) is 16.9 Å². The lowest BCUT2D eigenvalue weighted by molar-refractivity contribution is -0.432. The van der Waals surface area contributed by atoms with Gasteiger partial charge in [-0.15, -0.1) is 4.33 Å². The van der Waals surface area contributed by atoms with Crippen molar-refractivity contribution >= 4 is 22.8 Å². The summed E-state index contributed by atoms with van der Waals surface area (Å²) in [6.07, 6.45) is 0. The van der Waals surface area contributed by atoms with Crippen molar-refractivity contribution in [2.45, 2.75) is 11.8 Å². The molecule has 0 saturated carbocycles. The maximum Gasteiger partial charge on any atom is 0.120 e. The van der Waals surface area contributed by atoms with Crippen molar-refractivity contribution in [3.8, 4) is 5.75 Å². The maximum absolute atomic E-state index is 9.73. The van der Waals surface area contributed by atoms with Gasteiger partial charge in [-0.2, -0.15) is 0 Å². The Kier molecular flexibility index (Phi) is 3.31. The van der Waals surface area contributed by atoms with E-state index in [9.17, 15) is 5.11 Å². The van der Waals surface area contributed by atoms with E-state index in [-0.39, 0.29) is 5.75 Å². The lowest BCUT2D eigenvalue weighted by Crippen LogP contribution is -1.85. The molecule has 0 atom stereocenters. The predicted molar refractivity (Wildman–Crippen MR) is 61.0 cm³/mol. The van der Waals surface area contributed by atoms with Crippen LogP contribution in [0.5, 0.6) is 5.75 Å². The molecule has 0 aliphatic carbocycles. The highest BCUT2D eigenvalue weighted by atomic mass is 32.2. The molecular formula is C11H10O4S. The zero-order valence-corrected chi connectivity index (χ0v) is 9.32. The van der Waals surface area contributed by atoms with Gasteiger partial charge in [-0.05, 0) is 29.3 Å². The summed E-state index contributed by atoms with van der Waals surface area (Å²) in [5.41, 5.74) is 0.810. The van der Waals surface area contributed by atoms with Crippen LogP contribution in [0.3, 0.4) is 0 Å². The van der Waals surface area contributed by atoms with Crippen molar-refractivity contribution in [2.75, 3.05) is 0 Å². The first-order valence-corrected chi connectivity index (χ1v) is 5.34. The van der Waals surface area contributed by atoms with E-state index in [1.54, 1.807) is 6.07 Å². The number of rotatable bonds is 3. The van der Waals surface area contributed by atoms with Gasteiger partial charge in [-0.1, -0.05) is 29.3 Å². The van der Waals surface area contributed by atoms with Crippen LogP contribution in [0.2, 0.25) is 0 Å².